The van der Waals surface area contributed by atoms with Gasteiger partial charge in [0.25, 0.3) is 5.56 Å². The zero-order valence-corrected chi connectivity index (χ0v) is 17.0. The average Bonchev–Trinajstić information content (AvgIpc) is 3.08. The number of quaternary nitrogens is 1. The maximum Gasteiger partial charge on any atom is 0.294 e. The molecule has 0 aliphatic heterocycles. The summed E-state index contributed by atoms with van der Waals surface area (Å²) in [5.41, 5.74) is 3.56. The van der Waals surface area contributed by atoms with Crippen LogP contribution in [0.25, 0.3) is 22.1 Å². The molecule has 7 heteroatoms. The fraction of sp³-hybridized carbons (Fsp3) is 0.273. The Bertz CT molecular complexity index is 1240. The minimum atomic E-state index is -0.253. The predicted molar refractivity (Wildman–Crippen MR) is 111 cm³/mol. The summed E-state index contributed by atoms with van der Waals surface area (Å²) in [6.07, 6.45) is 0. The number of fused-ring (bicyclic) bond motifs is 3. The van der Waals surface area contributed by atoms with Gasteiger partial charge < -0.3 is 23.8 Å². The van der Waals surface area contributed by atoms with Crippen molar-refractivity contribution in [3.05, 3.63) is 63.7 Å². The lowest BCUT2D eigenvalue weighted by molar-refractivity contribution is -0.908. The Labute approximate surface area is 167 Å². The van der Waals surface area contributed by atoms with Crippen LogP contribution in [0.2, 0.25) is 0 Å². The van der Waals surface area contributed by atoms with Crippen molar-refractivity contribution in [2.45, 2.75) is 20.0 Å². The molecular formula is C22H24N3O4+. The highest BCUT2D eigenvalue weighted by Gasteiger charge is 2.16. The van der Waals surface area contributed by atoms with Crippen molar-refractivity contribution < 1.29 is 18.8 Å². The second-order valence-corrected chi connectivity index (χ2v) is 7.23. The first-order valence-electron chi connectivity index (χ1n) is 9.43. The number of ether oxygens (including phenoxy) is 2. The zero-order valence-electron chi connectivity index (χ0n) is 17.0. The van der Waals surface area contributed by atoms with E-state index in [1.165, 1.54) is 4.90 Å². The van der Waals surface area contributed by atoms with Crippen LogP contribution in [0, 0.1) is 6.92 Å². The van der Waals surface area contributed by atoms with Crippen LogP contribution in [0.1, 0.15) is 17.0 Å². The van der Waals surface area contributed by atoms with Crippen LogP contribution in [0.3, 0.4) is 0 Å². The molecule has 0 fully saturated rings. The van der Waals surface area contributed by atoms with Crippen molar-refractivity contribution in [3.63, 3.8) is 0 Å². The monoisotopic (exact) mass is 394 g/mol. The molecule has 29 heavy (non-hydrogen) atoms. The highest BCUT2D eigenvalue weighted by atomic mass is 16.5. The molecule has 0 aliphatic carbocycles. The van der Waals surface area contributed by atoms with Gasteiger partial charge in [0.1, 0.15) is 24.2 Å². The summed E-state index contributed by atoms with van der Waals surface area (Å²) in [5.74, 6) is 2.05. The van der Waals surface area contributed by atoms with Crippen LogP contribution in [-0.2, 0) is 13.1 Å². The molecule has 2 heterocycles. The number of hydrogen-bond acceptors (Lipinski definition) is 5. The summed E-state index contributed by atoms with van der Waals surface area (Å²) in [6.45, 7) is 3.37. The first-order valence-corrected chi connectivity index (χ1v) is 9.43. The highest BCUT2D eigenvalue weighted by molar-refractivity contribution is 6.01. The van der Waals surface area contributed by atoms with Gasteiger partial charge in [0.05, 0.1) is 21.3 Å². The van der Waals surface area contributed by atoms with E-state index >= 15 is 0 Å². The van der Waals surface area contributed by atoms with Gasteiger partial charge in [-0.3, -0.25) is 4.79 Å². The lowest BCUT2D eigenvalue weighted by Gasteiger charge is -2.17. The minimum Gasteiger partial charge on any atom is -0.493 e. The van der Waals surface area contributed by atoms with Crippen molar-refractivity contribution in [2.75, 3.05) is 21.3 Å². The molecular weight excluding hydrogens is 370 g/mol. The van der Waals surface area contributed by atoms with Crippen LogP contribution in [-0.4, -0.2) is 31.2 Å². The van der Waals surface area contributed by atoms with Crippen molar-refractivity contribution in [1.29, 1.82) is 0 Å². The molecule has 4 rings (SSSR count). The Hall–Kier alpha value is -3.32. The number of rotatable bonds is 6. The fourth-order valence-electron chi connectivity index (χ4n) is 3.62. The number of H-pyrrole nitrogens is 1. The highest BCUT2D eigenvalue weighted by Crippen LogP contribution is 2.30. The summed E-state index contributed by atoms with van der Waals surface area (Å²) < 4.78 is 16.5. The molecule has 0 amide bonds. The lowest BCUT2D eigenvalue weighted by Crippen LogP contribution is -3.06. The molecule has 0 saturated heterocycles. The number of nitrogens with zero attached hydrogens (tertiary/aromatic N) is 1. The molecule has 4 aromatic rings. The molecule has 2 N–H and O–H groups in total. The van der Waals surface area contributed by atoms with Crippen LogP contribution >= 0.6 is 0 Å². The third-order valence-corrected chi connectivity index (χ3v) is 5.08. The lowest BCUT2D eigenvalue weighted by atomic mass is 10.1. The van der Waals surface area contributed by atoms with E-state index in [1.54, 1.807) is 14.2 Å². The molecule has 0 spiro atoms. The van der Waals surface area contributed by atoms with Gasteiger partial charge in [-0.1, -0.05) is 12.1 Å². The van der Waals surface area contributed by atoms with Crippen LogP contribution in [0.15, 0.2) is 45.6 Å². The van der Waals surface area contributed by atoms with Gasteiger partial charge in [-0.15, -0.1) is 0 Å². The first kappa shape index (κ1) is 19.0. The number of furan rings is 1. The van der Waals surface area contributed by atoms with E-state index < -0.39 is 0 Å². The Balaban J connectivity index is 1.62. The third kappa shape index (κ3) is 3.56. The second-order valence-electron chi connectivity index (χ2n) is 7.23. The van der Waals surface area contributed by atoms with Crippen LogP contribution in [0.4, 0.5) is 0 Å². The summed E-state index contributed by atoms with van der Waals surface area (Å²) in [6, 6.07) is 11.5. The van der Waals surface area contributed by atoms with Gasteiger partial charge in [-0.2, -0.15) is 0 Å². The molecule has 0 radical (unpaired) electrons. The molecule has 7 nitrogen and oxygen atoms in total. The molecule has 150 valence electrons. The molecule has 2 aromatic carbocycles. The van der Waals surface area contributed by atoms with Crippen molar-refractivity contribution >= 4 is 22.1 Å². The van der Waals surface area contributed by atoms with E-state index in [0.29, 0.717) is 29.2 Å². The largest absolute Gasteiger partial charge is 0.493 e. The maximum absolute atomic E-state index is 12.5. The minimum absolute atomic E-state index is 0.253. The quantitative estimate of drug-likeness (QED) is 0.524. The van der Waals surface area contributed by atoms with E-state index in [0.717, 1.165) is 28.8 Å². The number of aromatic amines is 1. The molecule has 0 aliphatic rings. The molecule has 0 saturated carbocycles. The van der Waals surface area contributed by atoms with E-state index in [2.05, 4.69) is 17.0 Å². The van der Waals surface area contributed by atoms with Gasteiger partial charge in [0.2, 0.25) is 5.58 Å². The van der Waals surface area contributed by atoms with Crippen molar-refractivity contribution in [1.82, 2.24) is 9.97 Å². The Kier molecular flexibility index (Phi) is 4.98. The molecule has 2 aromatic heterocycles. The number of aryl methyl sites for hydroxylation is 1. The summed E-state index contributed by atoms with van der Waals surface area (Å²) in [5, 5.41) is 0.850. The smallest absolute Gasteiger partial charge is 0.294 e. The number of methoxy groups -OCH3 is 2. The molecule has 1 atom stereocenters. The Morgan fingerprint density at radius 1 is 1.10 bits per heavy atom. The van der Waals surface area contributed by atoms with E-state index in [4.69, 9.17) is 13.9 Å². The van der Waals surface area contributed by atoms with Crippen LogP contribution < -0.4 is 19.9 Å². The van der Waals surface area contributed by atoms with Gasteiger partial charge in [0.15, 0.2) is 17.3 Å². The normalized spacial score (nSPS) is 12.4. The molecule has 0 bridgehead atoms. The zero-order chi connectivity index (χ0) is 20.5. The SMILES string of the molecule is COc1cc(C)c(C[NH+](C)Cc2nc3c(oc4ccccc43)c(=O)[nH]2)cc1OC. The van der Waals surface area contributed by atoms with E-state index in [1.807, 2.05) is 43.3 Å². The maximum atomic E-state index is 12.5. The van der Waals surface area contributed by atoms with Gasteiger partial charge in [-0.25, -0.2) is 4.98 Å². The summed E-state index contributed by atoms with van der Waals surface area (Å²) >= 11 is 0. The van der Waals surface area contributed by atoms with Gasteiger partial charge in [0, 0.05) is 10.9 Å². The van der Waals surface area contributed by atoms with Gasteiger partial charge >= 0.3 is 0 Å². The standard InChI is InChI=1S/C22H23N3O4/c1-13-9-17(27-3)18(28-4)10-14(13)11-25(2)12-19-23-20-15-7-5-6-8-16(15)29-21(20)22(26)24-19/h5-10H,11-12H2,1-4H3,(H,23,24,26)/p+1. The second kappa shape index (κ2) is 7.60. The molecule has 1 unspecified atom stereocenters. The van der Waals surface area contributed by atoms with Crippen LogP contribution in [0.5, 0.6) is 11.5 Å². The average molecular weight is 394 g/mol. The third-order valence-electron chi connectivity index (χ3n) is 5.08. The number of aromatic nitrogens is 2. The number of nitrogens with one attached hydrogen (secondary N) is 2. The summed E-state index contributed by atoms with van der Waals surface area (Å²) in [4.78, 5) is 21.2. The van der Waals surface area contributed by atoms with E-state index in [-0.39, 0.29) is 11.1 Å². The first-order chi connectivity index (χ1) is 14.0. The van der Waals surface area contributed by atoms with Gasteiger partial charge in [-0.05, 0) is 36.8 Å². The summed E-state index contributed by atoms with van der Waals surface area (Å²) in [7, 11) is 5.33. The predicted octanol–water partition coefficient (Wildman–Crippen LogP) is 2.21. The topological polar surface area (TPSA) is 81.8 Å². The van der Waals surface area contributed by atoms with Crippen molar-refractivity contribution in [2.24, 2.45) is 0 Å². The fourth-order valence-corrected chi connectivity index (χ4v) is 3.62. The Morgan fingerprint density at radius 3 is 2.59 bits per heavy atom. The number of para-hydroxylation sites is 1. The van der Waals surface area contributed by atoms with E-state index in [9.17, 15) is 4.79 Å². The number of benzene rings is 2. The van der Waals surface area contributed by atoms with Crippen molar-refractivity contribution in [3.8, 4) is 11.5 Å². The Morgan fingerprint density at radius 2 is 1.83 bits per heavy atom. The number of hydrogen-bond donors (Lipinski definition) is 2.